The van der Waals surface area contributed by atoms with Crippen molar-refractivity contribution in [1.29, 1.82) is 0 Å². The Hall–Kier alpha value is -1.06. The van der Waals surface area contributed by atoms with Gasteiger partial charge in [-0.3, -0.25) is 13.8 Å². The van der Waals surface area contributed by atoms with Gasteiger partial charge in [-0.1, -0.05) is 186 Å². The number of phosphoric ester groups is 1. The van der Waals surface area contributed by atoms with Crippen molar-refractivity contribution in [3.8, 4) is 0 Å². The summed E-state index contributed by atoms with van der Waals surface area (Å²) in [7, 11) is -4.40. The van der Waals surface area contributed by atoms with Crippen LogP contribution in [0.15, 0.2) is 24.3 Å². The average Bonchev–Trinajstić information content (AvgIpc) is 3.12. The number of hydrogen-bond acceptors (Lipinski definition) is 7. The molecule has 0 rings (SSSR count). The van der Waals surface area contributed by atoms with Crippen LogP contribution in [-0.4, -0.2) is 59.0 Å². The number of nitrogens with one attached hydrogen (secondary N) is 1. The Labute approximate surface area is 320 Å². The Balaban J connectivity index is 4.37. The summed E-state index contributed by atoms with van der Waals surface area (Å²) in [6, 6.07) is -0.995. The molecule has 0 saturated carbocycles. The van der Waals surface area contributed by atoms with E-state index in [-0.39, 0.29) is 19.6 Å². The largest absolute Gasteiger partial charge is 0.472 e. The van der Waals surface area contributed by atoms with Crippen molar-refractivity contribution in [1.82, 2.24) is 5.32 Å². The summed E-state index contributed by atoms with van der Waals surface area (Å²) in [6.45, 7) is 3.95. The maximum absolute atomic E-state index is 12.8. The van der Waals surface area contributed by atoms with Gasteiger partial charge in [-0.25, -0.2) is 4.57 Å². The normalized spacial score (nSPS) is 15.0. The first-order chi connectivity index (χ1) is 25.3. The summed E-state index contributed by atoms with van der Waals surface area (Å²) in [5, 5.41) is 24.0. The number of nitrogens with two attached hydrogens (primary N) is 1. The third-order valence-electron chi connectivity index (χ3n) is 9.58. The Kier molecular flexibility index (Phi) is 37.4. The van der Waals surface area contributed by atoms with Gasteiger partial charge in [-0.05, 0) is 32.1 Å². The summed E-state index contributed by atoms with van der Waals surface area (Å²) in [4.78, 5) is 22.7. The van der Waals surface area contributed by atoms with E-state index in [9.17, 15) is 24.5 Å². The number of aliphatic hydroxyl groups is 2. The highest BCUT2D eigenvalue weighted by Gasteiger charge is 2.27. The van der Waals surface area contributed by atoms with Gasteiger partial charge in [0.25, 0.3) is 0 Å². The lowest BCUT2D eigenvalue weighted by atomic mass is 10.0. The molecule has 0 aliphatic heterocycles. The van der Waals surface area contributed by atoms with E-state index >= 15 is 0 Å². The van der Waals surface area contributed by atoms with Crippen LogP contribution in [0.2, 0.25) is 0 Å². The summed E-state index contributed by atoms with van der Waals surface area (Å²) in [6.07, 6.45) is 39.8. The molecule has 4 atom stereocenters. The third-order valence-corrected chi connectivity index (χ3v) is 10.6. The molecule has 0 bridgehead atoms. The number of aliphatic hydroxyl groups excluding tert-OH is 2. The maximum Gasteiger partial charge on any atom is 0.472 e. The lowest BCUT2D eigenvalue weighted by Gasteiger charge is -2.24. The zero-order valence-electron chi connectivity index (χ0n) is 33.7. The van der Waals surface area contributed by atoms with Gasteiger partial charge in [0.15, 0.2) is 0 Å². The van der Waals surface area contributed by atoms with Crippen LogP contribution >= 0.6 is 7.82 Å². The van der Waals surface area contributed by atoms with Crippen LogP contribution in [0.25, 0.3) is 0 Å². The first-order valence-corrected chi connectivity index (χ1v) is 23.0. The summed E-state index contributed by atoms with van der Waals surface area (Å²) < 4.78 is 22.0. The number of amides is 1. The first kappa shape index (κ1) is 50.9. The SMILES string of the molecule is CCCCCCCCCCC/C=C/CC/C=C/C(O)C(COP(=O)(O)OCCN)NC(=O)CC(O)CCCCCCCCCCCCCCCCC. The van der Waals surface area contributed by atoms with Crippen molar-refractivity contribution >= 4 is 13.7 Å². The van der Waals surface area contributed by atoms with E-state index in [1.165, 1.54) is 135 Å². The van der Waals surface area contributed by atoms with Crippen molar-refractivity contribution in [2.45, 2.75) is 218 Å². The molecule has 52 heavy (non-hydrogen) atoms. The second-order valence-corrected chi connectivity index (χ2v) is 16.2. The minimum Gasteiger partial charge on any atom is -0.393 e. The molecule has 0 saturated heterocycles. The molecule has 0 aromatic rings. The van der Waals surface area contributed by atoms with Crippen molar-refractivity contribution in [3.05, 3.63) is 24.3 Å². The highest BCUT2D eigenvalue weighted by atomic mass is 31.2. The van der Waals surface area contributed by atoms with Gasteiger partial charge in [0.1, 0.15) is 0 Å². The van der Waals surface area contributed by atoms with Gasteiger partial charge in [0.05, 0.1) is 37.9 Å². The van der Waals surface area contributed by atoms with E-state index < -0.39 is 38.6 Å². The zero-order valence-corrected chi connectivity index (χ0v) is 34.6. The minimum absolute atomic E-state index is 0.0460. The molecule has 0 fully saturated rings. The molecule has 0 aliphatic rings. The highest BCUT2D eigenvalue weighted by molar-refractivity contribution is 7.47. The van der Waals surface area contributed by atoms with Gasteiger partial charge < -0.3 is 26.2 Å². The Morgan fingerprint density at radius 3 is 1.60 bits per heavy atom. The Morgan fingerprint density at radius 2 is 1.10 bits per heavy atom. The highest BCUT2D eigenvalue weighted by Crippen LogP contribution is 2.43. The third kappa shape index (κ3) is 35.9. The van der Waals surface area contributed by atoms with Crippen LogP contribution in [0.4, 0.5) is 0 Å². The fourth-order valence-electron chi connectivity index (χ4n) is 6.31. The van der Waals surface area contributed by atoms with Gasteiger partial charge in [-0.15, -0.1) is 0 Å². The Bertz CT molecular complexity index is 888. The van der Waals surface area contributed by atoms with Crippen LogP contribution in [0.5, 0.6) is 0 Å². The number of unbranched alkanes of at least 4 members (excludes halogenated alkanes) is 24. The van der Waals surface area contributed by atoms with Crippen LogP contribution in [0.1, 0.15) is 200 Å². The van der Waals surface area contributed by atoms with E-state index in [0.29, 0.717) is 12.8 Å². The number of rotatable bonds is 40. The maximum atomic E-state index is 12.8. The Morgan fingerprint density at radius 1 is 0.654 bits per heavy atom. The second-order valence-electron chi connectivity index (χ2n) is 14.7. The molecule has 9 nitrogen and oxygen atoms in total. The van der Waals surface area contributed by atoms with Crippen LogP contribution in [-0.2, 0) is 18.4 Å². The zero-order chi connectivity index (χ0) is 38.4. The van der Waals surface area contributed by atoms with Gasteiger partial charge in [0, 0.05) is 6.54 Å². The van der Waals surface area contributed by atoms with E-state index in [1.54, 1.807) is 6.08 Å². The lowest BCUT2D eigenvalue weighted by Crippen LogP contribution is -2.46. The molecule has 0 aromatic heterocycles. The first-order valence-electron chi connectivity index (χ1n) is 21.5. The molecule has 0 aliphatic carbocycles. The molecule has 4 unspecified atom stereocenters. The minimum atomic E-state index is -4.40. The molecule has 0 heterocycles. The second kappa shape index (κ2) is 38.2. The molecule has 0 aromatic carbocycles. The lowest BCUT2D eigenvalue weighted by molar-refractivity contribution is -0.124. The van der Waals surface area contributed by atoms with E-state index in [2.05, 4.69) is 31.3 Å². The fraction of sp³-hybridized carbons (Fsp3) is 0.881. The molecule has 0 radical (unpaired) electrons. The molecule has 6 N–H and O–H groups in total. The van der Waals surface area contributed by atoms with Crippen LogP contribution in [0.3, 0.4) is 0 Å². The molecule has 308 valence electrons. The summed E-state index contributed by atoms with van der Waals surface area (Å²) in [5.41, 5.74) is 5.36. The van der Waals surface area contributed by atoms with Gasteiger partial charge in [-0.2, -0.15) is 0 Å². The number of carbonyl (C=O) groups is 1. The molecule has 1 amide bonds. The van der Waals surface area contributed by atoms with Crippen LogP contribution < -0.4 is 11.1 Å². The van der Waals surface area contributed by atoms with Crippen molar-refractivity contribution in [3.63, 3.8) is 0 Å². The number of allylic oxidation sites excluding steroid dienone is 3. The van der Waals surface area contributed by atoms with Crippen molar-refractivity contribution < 1.29 is 33.5 Å². The molecular weight excluding hydrogens is 675 g/mol. The topological polar surface area (TPSA) is 151 Å². The summed E-state index contributed by atoms with van der Waals surface area (Å²) >= 11 is 0. The smallest absolute Gasteiger partial charge is 0.393 e. The number of carbonyl (C=O) groups excluding carboxylic acids is 1. The quantitative estimate of drug-likeness (QED) is 0.0235. The predicted molar refractivity (Wildman–Crippen MR) is 218 cm³/mol. The van der Waals surface area contributed by atoms with Gasteiger partial charge >= 0.3 is 7.82 Å². The fourth-order valence-corrected chi connectivity index (χ4v) is 7.07. The van der Waals surface area contributed by atoms with Crippen molar-refractivity contribution in [2.24, 2.45) is 5.73 Å². The van der Waals surface area contributed by atoms with Crippen molar-refractivity contribution in [2.75, 3.05) is 19.8 Å². The van der Waals surface area contributed by atoms with E-state index in [0.717, 1.165) is 32.1 Å². The van der Waals surface area contributed by atoms with E-state index in [4.69, 9.17) is 14.8 Å². The number of phosphoric acid groups is 1. The average molecular weight is 759 g/mol. The van der Waals surface area contributed by atoms with Crippen LogP contribution in [0, 0.1) is 0 Å². The van der Waals surface area contributed by atoms with E-state index in [1.807, 2.05) is 6.08 Å². The monoisotopic (exact) mass is 759 g/mol. The molecule has 10 heteroatoms. The molecule has 0 spiro atoms. The van der Waals surface area contributed by atoms with Gasteiger partial charge in [0.2, 0.25) is 5.91 Å². The standard InChI is InChI=1S/C42H83N2O7P/c1-3-5-7-9-11-13-15-17-19-21-23-25-27-29-31-33-39(45)37-42(47)44-40(38-51-52(48,49)50-36-35-43)41(46)34-32-30-28-26-24-22-20-18-16-14-12-10-8-6-4-2/h24,26,32,34,39-41,45-46H,3-23,25,27-31,33,35-38,43H2,1-2H3,(H,44,47)(H,48,49)/b26-24+,34-32+. The predicted octanol–water partition coefficient (Wildman–Crippen LogP) is 10.8. The number of hydrogen-bond donors (Lipinski definition) is 5. The summed E-state index contributed by atoms with van der Waals surface area (Å²) in [5.74, 6) is -0.454. The molecular formula is C42H83N2O7P.